The van der Waals surface area contributed by atoms with E-state index in [0.29, 0.717) is 49.8 Å². The Kier molecular flexibility index (Phi) is 6.69. The van der Waals surface area contributed by atoms with E-state index in [0.717, 1.165) is 5.56 Å². The van der Waals surface area contributed by atoms with E-state index in [1.807, 2.05) is 25.1 Å². The number of nitrogens with zero attached hydrogens (tertiary/aromatic N) is 3. The Labute approximate surface area is 188 Å². The zero-order valence-corrected chi connectivity index (χ0v) is 18.7. The predicted molar refractivity (Wildman–Crippen MR) is 124 cm³/mol. The van der Waals surface area contributed by atoms with Gasteiger partial charge in [0.05, 0.1) is 10.6 Å². The summed E-state index contributed by atoms with van der Waals surface area (Å²) in [6, 6.07) is 15.7. The summed E-state index contributed by atoms with van der Waals surface area (Å²) in [7, 11) is -3.59. The topological polar surface area (TPSA) is 107 Å². The zero-order valence-electron chi connectivity index (χ0n) is 17.9. The second-order valence-corrected chi connectivity index (χ2v) is 9.66. The maximum Gasteiger partial charge on any atom is 0.243 e. The van der Waals surface area contributed by atoms with Crippen molar-refractivity contribution in [1.29, 1.82) is 0 Å². The number of phenolic OH excluding ortho intramolecular Hbond substituents is 1. The summed E-state index contributed by atoms with van der Waals surface area (Å²) < 4.78 is 27.9. The van der Waals surface area contributed by atoms with Crippen molar-refractivity contribution in [2.45, 2.75) is 24.3 Å². The first kappa shape index (κ1) is 22.2. The van der Waals surface area contributed by atoms with Gasteiger partial charge in [0.15, 0.2) is 0 Å². The van der Waals surface area contributed by atoms with Gasteiger partial charge in [-0.2, -0.15) is 4.31 Å². The van der Waals surface area contributed by atoms with Gasteiger partial charge < -0.3 is 15.7 Å². The molecule has 4 rings (SSSR count). The Hall–Kier alpha value is -3.01. The minimum atomic E-state index is -3.59. The van der Waals surface area contributed by atoms with E-state index in [1.165, 1.54) is 0 Å². The molecule has 0 saturated carbocycles. The molecule has 1 saturated heterocycles. The van der Waals surface area contributed by atoms with Gasteiger partial charge in [-0.1, -0.05) is 30.3 Å². The second kappa shape index (κ2) is 9.64. The van der Waals surface area contributed by atoms with Crippen LogP contribution in [0.4, 0.5) is 5.95 Å². The number of benzene rings is 2. The summed E-state index contributed by atoms with van der Waals surface area (Å²) >= 11 is 0. The second-order valence-electron chi connectivity index (χ2n) is 7.77. The first-order valence-electron chi connectivity index (χ1n) is 10.6. The molecular formula is C23H27N5O3S. The van der Waals surface area contributed by atoms with Gasteiger partial charge >= 0.3 is 0 Å². The number of anilines is 1. The molecule has 0 bridgehead atoms. The number of phenols is 1. The van der Waals surface area contributed by atoms with Crippen LogP contribution in [0.15, 0.2) is 65.7 Å². The molecule has 2 aromatic carbocycles. The quantitative estimate of drug-likeness (QED) is 0.504. The first-order valence-corrected chi connectivity index (χ1v) is 12.1. The van der Waals surface area contributed by atoms with Gasteiger partial charge in [0.25, 0.3) is 0 Å². The Morgan fingerprint density at radius 3 is 2.84 bits per heavy atom. The Bertz CT molecular complexity index is 1190. The lowest BCUT2D eigenvalue weighted by atomic mass is 10.1. The molecule has 1 atom stereocenters. The number of aromatic nitrogens is 2. The molecule has 1 aliphatic rings. The number of nitrogens with one attached hydrogen (secondary N) is 2. The fraction of sp³-hybridized carbons (Fsp3) is 0.304. The van der Waals surface area contributed by atoms with Crippen molar-refractivity contribution in [3.63, 3.8) is 0 Å². The van der Waals surface area contributed by atoms with Crippen LogP contribution in [0.5, 0.6) is 5.75 Å². The third kappa shape index (κ3) is 4.90. The van der Waals surface area contributed by atoms with E-state index in [9.17, 15) is 13.5 Å². The lowest BCUT2D eigenvalue weighted by Crippen LogP contribution is -2.52. The molecule has 9 heteroatoms. The monoisotopic (exact) mass is 453 g/mol. The maximum atomic E-state index is 13.2. The summed E-state index contributed by atoms with van der Waals surface area (Å²) in [6.45, 7) is 4.19. The molecular weight excluding hydrogens is 426 g/mol. The van der Waals surface area contributed by atoms with Crippen LogP contribution < -0.4 is 10.6 Å². The van der Waals surface area contributed by atoms with Crippen LogP contribution >= 0.6 is 0 Å². The van der Waals surface area contributed by atoms with Gasteiger partial charge in [0.1, 0.15) is 5.75 Å². The average Bonchev–Trinajstić information content (AvgIpc) is 2.81. The largest absolute Gasteiger partial charge is 0.508 e. The van der Waals surface area contributed by atoms with E-state index in [4.69, 9.17) is 0 Å². The zero-order chi connectivity index (χ0) is 22.6. The van der Waals surface area contributed by atoms with Gasteiger partial charge in [0.2, 0.25) is 16.0 Å². The van der Waals surface area contributed by atoms with Crippen LogP contribution in [0, 0.1) is 0 Å². The number of piperazine rings is 1. The van der Waals surface area contributed by atoms with E-state index in [-0.39, 0.29) is 16.7 Å². The maximum absolute atomic E-state index is 13.2. The number of para-hydroxylation sites is 1. The molecule has 32 heavy (non-hydrogen) atoms. The standard InChI is InChI=1S/C23H27N5O3S/c1-17-16-24-13-14-28(17)32(30,31)20-7-4-6-19(15-20)21-10-12-26-23(27-21)25-11-9-18-5-2-3-8-22(18)29/h2-8,10,12,15,17,24,29H,9,11,13-14,16H2,1H3,(H,25,26,27)/t17-/m0/s1. The highest BCUT2D eigenvalue weighted by Gasteiger charge is 2.31. The van der Waals surface area contributed by atoms with Gasteiger partial charge in [0, 0.05) is 44.0 Å². The minimum Gasteiger partial charge on any atom is -0.508 e. The van der Waals surface area contributed by atoms with Crippen molar-refractivity contribution in [2.75, 3.05) is 31.5 Å². The van der Waals surface area contributed by atoms with Crippen molar-refractivity contribution in [1.82, 2.24) is 19.6 Å². The summed E-state index contributed by atoms with van der Waals surface area (Å²) in [5.41, 5.74) is 2.19. The van der Waals surface area contributed by atoms with E-state index >= 15 is 0 Å². The molecule has 3 N–H and O–H groups in total. The minimum absolute atomic E-state index is 0.101. The van der Waals surface area contributed by atoms with Crippen LogP contribution in [0.3, 0.4) is 0 Å². The van der Waals surface area contributed by atoms with Crippen molar-refractivity contribution in [3.8, 4) is 17.0 Å². The van der Waals surface area contributed by atoms with E-state index < -0.39 is 10.0 Å². The Morgan fingerprint density at radius 2 is 2.03 bits per heavy atom. The summed E-state index contributed by atoms with van der Waals surface area (Å²) in [4.78, 5) is 9.06. The number of aromatic hydroxyl groups is 1. The molecule has 0 radical (unpaired) electrons. The molecule has 1 aliphatic heterocycles. The van der Waals surface area contributed by atoms with Crippen molar-refractivity contribution >= 4 is 16.0 Å². The van der Waals surface area contributed by atoms with Gasteiger partial charge in [-0.25, -0.2) is 18.4 Å². The molecule has 1 aromatic heterocycles. The molecule has 8 nitrogen and oxygen atoms in total. The SMILES string of the molecule is C[C@H]1CNCCN1S(=O)(=O)c1cccc(-c2ccnc(NCCc3ccccc3O)n2)c1. The fourth-order valence-corrected chi connectivity index (χ4v) is 5.44. The summed E-state index contributed by atoms with van der Waals surface area (Å²) in [5.74, 6) is 0.711. The van der Waals surface area contributed by atoms with Crippen molar-refractivity contribution < 1.29 is 13.5 Å². The average molecular weight is 454 g/mol. The van der Waals surface area contributed by atoms with Crippen molar-refractivity contribution in [2.24, 2.45) is 0 Å². The van der Waals surface area contributed by atoms with Gasteiger partial charge in [-0.15, -0.1) is 0 Å². The molecule has 0 aliphatic carbocycles. The normalized spacial score (nSPS) is 17.2. The lowest BCUT2D eigenvalue weighted by Gasteiger charge is -2.32. The molecule has 3 aromatic rings. The van der Waals surface area contributed by atoms with Crippen LogP contribution in [-0.2, 0) is 16.4 Å². The van der Waals surface area contributed by atoms with Gasteiger partial charge in [-0.3, -0.25) is 0 Å². The molecule has 0 amide bonds. The fourth-order valence-electron chi connectivity index (χ4n) is 3.77. The van der Waals surface area contributed by atoms with Crippen molar-refractivity contribution in [3.05, 3.63) is 66.4 Å². The highest BCUT2D eigenvalue weighted by Crippen LogP contribution is 2.25. The third-order valence-corrected chi connectivity index (χ3v) is 7.51. The molecule has 2 heterocycles. The third-order valence-electron chi connectivity index (χ3n) is 5.50. The van der Waals surface area contributed by atoms with Crippen LogP contribution in [0.1, 0.15) is 12.5 Å². The van der Waals surface area contributed by atoms with Crippen LogP contribution in [-0.4, -0.2) is 60.0 Å². The smallest absolute Gasteiger partial charge is 0.243 e. The molecule has 1 fully saturated rings. The lowest BCUT2D eigenvalue weighted by molar-refractivity contribution is 0.284. The number of hydrogen-bond donors (Lipinski definition) is 3. The number of hydrogen-bond acceptors (Lipinski definition) is 7. The molecule has 168 valence electrons. The van der Waals surface area contributed by atoms with E-state index in [1.54, 1.807) is 46.9 Å². The van der Waals surface area contributed by atoms with Crippen LogP contribution in [0.2, 0.25) is 0 Å². The summed E-state index contributed by atoms with van der Waals surface area (Å²) in [5, 5.41) is 16.3. The predicted octanol–water partition coefficient (Wildman–Crippen LogP) is 2.49. The summed E-state index contributed by atoms with van der Waals surface area (Å²) in [6.07, 6.45) is 2.26. The number of rotatable bonds is 7. The van der Waals surface area contributed by atoms with Crippen LogP contribution in [0.25, 0.3) is 11.3 Å². The Morgan fingerprint density at radius 1 is 1.19 bits per heavy atom. The first-order chi connectivity index (χ1) is 15.4. The van der Waals surface area contributed by atoms with E-state index in [2.05, 4.69) is 20.6 Å². The Balaban J connectivity index is 1.50. The van der Waals surface area contributed by atoms with Gasteiger partial charge in [-0.05, 0) is 43.2 Å². The molecule has 0 spiro atoms. The highest BCUT2D eigenvalue weighted by atomic mass is 32.2. The molecule has 0 unspecified atom stereocenters. The number of sulfonamides is 1. The highest BCUT2D eigenvalue weighted by molar-refractivity contribution is 7.89.